The molecule has 0 aliphatic carbocycles. The second-order valence-electron chi connectivity index (χ2n) is 1.30. The van der Waals surface area contributed by atoms with E-state index in [1.807, 2.05) is 0 Å². The maximum atomic E-state index is 8.34. The van der Waals surface area contributed by atoms with Gasteiger partial charge in [-0.15, -0.1) is 0 Å². The monoisotopic (exact) mass is 160 g/mol. The molecule has 0 aliphatic heterocycles. The van der Waals surface area contributed by atoms with Gasteiger partial charge in [0.1, 0.15) is 0 Å². The van der Waals surface area contributed by atoms with Crippen molar-refractivity contribution in [3.05, 3.63) is 0 Å². The van der Waals surface area contributed by atoms with Crippen molar-refractivity contribution in [2.75, 3.05) is 12.7 Å². The quantitative estimate of drug-likeness (QED) is 0.347. The Balaban J connectivity index is 3.36. The minimum atomic E-state index is -2.15. The molecule has 2 nitrogen and oxygen atoms in total. The summed E-state index contributed by atoms with van der Waals surface area (Å²) in [6.45, 7) is 0. The third-order valence-corrected chi connectivity index (χ3v) is 3.22. The molecule has 0 aromatic carbocycles. The molecule has 0 amide bonds. The second kappa shape index (κ2) is 3.15. The van der Waals surface area contributed by atoms with E-state index >= 15 is 0 Å². The van der Waals surface area contributed by atoms with Crippen molar-refractivity contribution in [3.63, 3.8) is 0 Å². The van der Waals surface area contributed by atoms with Crippen LogP contribution in [0.5, 0.6) is 0 Å². The number of thiol groups is 2. The molecule has 0 aromatic heterocycles. The van der Waals surface area contributed by atoms with Gasteiger partial charge in [0, 0.05) is 0 Å². The molecule has 0 spiro atoms. The Hall–Kier alpha value is 1.05. The van der Waals surface area contributed by atoms with Crippen molar-refractivity contribution in [1.82, 2.24) is 0 Å². The standard InChI is InChI=1S/C2H9O2PS2/c3-1-5(6,7)2-4/h3-7H,1-2H2. The molecule has 0 aromatic rings. The summed E-state index contributed by atoms with van der Waals surface area (Å²) in [6.07, 6.45) is -0.175. The molecule has 0 fully saturated rings. The van der Waals surface area contributed by atoms with E-state index in [-0.39, 0.29) is 12.7 Å². The summed E-state index contributed by atoms with van der Waals surface area (Å²) in [5, 5.41) is 16.7. The molecule has 5 heteroatoms. The van der Waals surface area contributed by atoms with Crippen molar-refractivity contribution in [1.29, 1.82) is 0 Å². The fourth-order valence-electron chi connectivity index (χ4n) is 0.0500. The Kier molecular flexibility index (Phi) is 3.62. The van der Waals surface area contributed by atoms with Crippen LogP contribution in [0.15, 0.2) is 0 Å². The molecule has 0 bridgehead atoms. The number of aliphatic hydroxyl groups excluding tert-OH is 2. The molecular weight excluding hydrogens is 151 g/mol. The van der Waals surface area contributed by atoms with Gasteiger partial charge in [-0.25, -0.2) is 0 Å². The van der Waals surface area contributed by atoms with Crippen LogP contribution in [0.4, 0.5) is 0 Å². The van der Waals surface area contributed by atoms with Gasteiger partial charge >= 0.3 is 53.1 Å². The van der Waals surface area contributed by atoms with Gasteiger partial charge in [-0.2, -0.15) is 0 Å². The van der Waals surface area contributed by atoms with Crippen molar-refractivity contribution < 1.29 is 10.2 Å². The molecule has 0 saturated carbocycles. The van der Waals surface area contributed by atoms with E-state index in [9.17, 15) is 0 Å². The summed E-state index contributed by atoms with van der Waals surface area (Å²) in [7, 11) is 0. The van der Waals surface area contributed by atoms with Gasteiger partial charge in [-0.3, -0.25) is 0 Å². The zero-order valence-corrected chi connectivity index (χ0v) is 6.49. The van der Waals surface area contributed by atoms with Crippen molar-refractivity contribution in [2.24, 2.45) is 0 Å². The molecule has 7 heavy (non-hydrogen) atoms. The molecule has 0 radical (unpaired) electrons. The molecule has 2 N–H and O–H groups in total. The first kappa shape index (κ1) is 8.05. The number of aliphatic hydroxyl groups is 2. The summed E-state index contributed by atoms with van der Waals surface area (Å²) in [4.78, 5) is 0. The van der Waals surface area contributed by atoms with E-state index in [2.05, 4.69) is 24.5 Å². The van der Waals surface area contributed by atoms with Gasteiger partial charge in [-0.1, -0.05) is 0 Å². The van der Waals surface area contributed by atoms with Crippen LogP contribution in [0.2, 0.25) is 0 Å². The Morgan fingerprint density at radius 1 is 1.14 bits per heavy atom. The average Bonchev–Trinajstić information content (AvgIpc) is 1.68. The maximum absolute atomic E-state index is 8.34. The van der Waals surface area contributed by atoms with E-state index in [0.717, 1.165) is 0 Å². The first-order valence-corrected chi connectivity index (χ1v) is 6.78. The first-order chi connectivity index (χ1) is 3.12. The van der Waals surface area contributed by atoms with Crippen LogP contribution in [0.25, 0.3) is 0 Å². The molecule has 0 heterocycles. The van der Waals surface area contributed by atoms with Crippen LogP contribution < -0.4 is 0 Å². The van der Waals surface area contributed by atoms with E-state index in [1.165, 1.54) is 0 Å². The van der Waals surface area contributed by atoms with E-state index in [1.54, 1.807) is 0 Å². The second-order valence-corrected chi connectivity index (χ2v) is 10.1. The predicted molar refractivity (Wildman–Crippen MR) is 40.5 cm³/mol. The number of hydrogen-bond acceptors (Lipinski definition) is 4. The van der Waals surface area contributed by atoms with E-state index < -0.39 is 5.67 Å². The summed E-state index contributed by atoms with van der Waals surface area (Å²) in [5.74, 6) is 0. The Morgan fingerprint density at radius 2 is 1.43 bits per heavy atom. The van der Waals surface area contributed by atoms with Gasteiger partial charge in [0.2, 0.25) is 0 Å². The molecular formula is C2H9O2PS2. The zero-order chi connectivity index (χ0) is 5.91. The Morgan fingerprint density at radius 3 is 1.43 bits per heavy atom. The van der Waals surface area contributed by atoms with Gasteiger partial charge < -0.3 is 0 Å². The van der Waals surface area contributed by atoms with Crippen LogP contribution in [0.1, 0.15) is 0 Å². The van der Waals surface area contributed by atoms with Gasteiger partial charge in [0.15, 0.2) is 0 Å². The summed E-state index contributed by atoms with van der Waals surface area (Å²) >= 11 is 7.78. The van der Waals surface area contributed by atoms with Gasteiger partial charge in [0.05, 0.1) is 0 Å². The molecule has 46 valence electrons. The van der Waals surface area contributed by atoms with Crippen LogP contribution >= 0.6 is 30.2 Å². The van der Waals surface area contributed by atoms with Crippen LogP contribution in [-0.2, 0) is 0 Å². The van der Waals surface area contributed by atoms with Crippen LogP contribution in [0, 0.1) is 0 Å². The minimum absolute atomic E-state index is 0.0876. The molecule has 0 rings (SSSR count). The topological polar surface area (TPSA) is 40.5 Å². The van der Waals surface area contributed by atoms with Crippen molar-refractivity contribution >= 4 is 30.2 Å². The number of rotatable bonds is 2. The van der Waals surface area contributed by atoms with E-state index in [0.29, 0.717) is 0 Å². The molecule has 0 aliphatic rings. The zero-order valence-electron chi connectivity index (χ0n) is 3.70. The third kappa shape index (κ3) is 3.62. The van der Waals surface area contributed by atoms with Gasteiger partial charge in [0.25, 0.3) is 0 Å². The van der Waals surface area contributed by atoms with Crippen molar-refractivity contribution in [2.45, 2.75) is 0 Å². The molecule has 0 atom stereocenters. The summed E-state index contributed by atoms with van der Waals surface area (Å²) in [5.41, 5.74) is -2.15. The average molecular weight is 160 g/mol. The first-order valence-electron chi connectivity index (χ1n) is 1.79. The fraction of sp³-hybridized carbons (Fsp3) is 1.00. The summed E-state index contributed by atoms with van der Waals surface area (Å²) < 4.78 is 0. The normalized spacial score (nSPS) is 14.3. The number of hydrogen-bond donors (Lipinski definition) is 4. The molecule has 0 saturated heterocycles. The Bertz CT molecular complexity index is 51.7. The van der Waals surface area contributed by atoms with Gasteiger partial charge in [-0.05, 0) is 0 Å². The molecule has 0 unspecified atom stereocenters. The Labute approximate surface area is 53.6 Å². The predicted octanol–water partition coefficient (Wildman–Crippen LogP) is 0.325. The SMILES string of the molecule is OC[PH](S)(S)CO. The van der Waals surface area contributed by atoms with E-state index in [4.69, 9.17) is 10.2 Å². The fourth-order valence-corrected chi connectivity index (χ4v) is 0.150. The third-order valence-electron chi connectivity index (χ3n) is 0.506. The summed E-state index contributed by atoms with van der Waals surface area (Å²) in [6, 6.07) is 0. The van der Waals surface area contributed by atoms with Crippen LogP contribution in [-0.4, -0.2) is 22.9 Å². The van der Waals surface area contributed by atoms with Crippen molar-refractivity contribution in [3.8, 4) is 0 Å². The van der Waals surface area contributed by atoms with Crippen LogP contribution in [0.3, 0.4) is 0 Å².